The average molecular weight is 246 g/mol. The number of rotatable bonds is 2. The molecule has 0 spiro atoms. The second kappa shape index (κ2) is 4.79. The molecule has 1 aromatic carbocycles. The average Bonchev–Trinajstić information content (AvgIpc) is 2.27. The summed E-state index contributed by atoms with van der Waals surface area (Å²) in [5, 5.41) is 0.573. The van der Waals surface area contributed by atoms with Crippen LogP contribution in [0.2, 0.25) is 0 Å². The Hall–Kier alpha value is -2.50. The van der Waals surface area contributed by atoms with Crippen molar-refractivity contribution in [3.8, 4) is 11.6 Å². The summed E-state index contributed by atoms with van der Waals surface area (Å²) in [6.45, 7) is 2.61. The lowest BCUT2D eigenvalue weighted by molar-refractivity contribution is -0.132. The minimum Gasteiger partial charge on any atom is -0.427 e. The number of carbonyl (C=O) groups is 2. The van der Waals surface area contributed by atoms with E-state index in [0.29, 0.717) is 16.7 Å². The molecule has 0 aliphatic heterocycles. The number of aromatic nitrogens is 2. The molecule has 6 nitrogen and oxygen atoms in total. The maximum absolute atomic E-state index is 10.9. The van der Waals surface area contributed by atoms with Gasteiger partial charge in [0.05, 0.1) is 10.9 Å². The van der Waals surface area contributed by atoms with Gasteiger partial charge in [0.1, 0.15) is 12.1 Å². The van der Waals surface area contributed by atoms with E-state index in [2.05, 4.69) is 9.97 Å². The van der Waals surface area contributed by atoms with Crippen molar-refractivity contribution in [2.75, 3.05) is 0 Å². The smallest absolute Gasteiger partial charge is 0.309 e. The second-order valence-corrected chi connectivity index (χ2v) is 3.55. The molecular weight excluding hydrogens is 236 g/mol. The third-order valence-corrected chi connectivity index (χ3v) is 2.07. The fourth-order valence-corrected chi connectivity index (χ4v) is 1.46. The van der Waals surface area contributed by atoms with E-state index < -0.39 is 11.9 Å². The van der Waals surface area contributed by atoms with Crippen LogP contribution >= 0.6 is 0 Å². The second-order valence-electron chi connectivity index (χ2n) is 3.55. The first-order valence-corrected chi connectivity index (χ1v) is 5.18. The molecule has 0 unspecified atom stereocenters. The maximum atomic E-state index is 10.9. The van der Waals surface area contributed by atoms with E-state index in [1.54, 1.807) is 18.2 Å². The normalized spacial score (nSPS) is 10.1. The van der Waals surface area contributed by atoms with Crippen molar-refractivity contribution in [2.24, 2.45) is 0 Å². The summed E-state index contributed by atoms with van der Waals surface area (Å²) in [6.07, 6.45) is 1.28. The van der Waals surface area contributed by atoms with E-state index in [1.807, 2.05) is 0 Å². The Morgan fingerprint density at radius 2 is 1.78 bits per heavy atom. The molecule has 0 N–H and O–H groups in total. The molecule has 6 heteroatoms. The SMILES string of the molecule is CC(=O)Oc1ccc2c(OC(C)=O)ncnc2c1. The summed E-state index contributed by atoms with van der Waals surface area (Å²) in [4.78, 5) is 29.7. The number of ether oxygens (including phenoxy) is 2. The molecule has 0 bridgehead atoms. The zero-order chi connectivity index (χ0) is 13.1. The number of hydrogen-bond donors (Lipinski definition) is 0. The van der Waals surface area contributed by atoms with Crippen molar-refractivity contribution >= 4 is 22.8 Å². The third kappa shape index (κ3) is 2.60. The Bertz CT molecular complexity index is 625. The van der Waals surface area contributed by atoms with E-state index in [4.69, 9.17) is 9.47 Å². The molecule has 1 heterocycles. The topological polar surface area (TPSA) is 78.4 Å². The Balaban J connectivity index is 2.46. The molecule has 0 aliphatic rings. The lowest BCUT2D eigenvalue weighted by Crippen LogP contribution is -2.04. The highest BCUT2D eigenvalue weighted by Crippen LogP contribution is 2.25. The van der Waals surface area contributed by atoms with Crippen LogP contribution in [0.5, 0.6) is 11.6 Å². The van der Waals surface area contributed by atoms with Gasteiger partial charge in [-0.05, 0) is 12.1 Å². The summed E-state index contributed by atoms with van der Waals surface area (Å²) < 4.78 is 9.89. The Morgan fingerprint density at radius 1 is 1.06 bits per heavy atom. The molecular formula is C12H10N2O4. The third-order valence-electron chi connectivity index (χ3n) is 2.07. The number of nitrogens with zero attached hydrogens (tertiary/aromatic N) is 2. The van der Waals surface area contributed by atoms with E-state index in [1.165, 1.54) is 20.2 Å². The van der Waals surface area contributed by atoms with E-state index in [0.717, 1.165) is 0 Å². The van der Waals surface area contributed by atoms with Gasteiger partial charge in [-0.1, -0.05) is 0 Å². The number of carbonyl (C=O) groups excluding carboxylic acids is 2. The Morgan fingerprint density at radius 3 is 2.44 bits per heavy atom. The van der Waals surface area contributed by atoms with Crippen LogP contribution in [0.3, 0.4) is 0 Å². The van der Waals surface area contributed by atoms with Crippen LogP contribution in [0.25, 0.3) is 10.9 Å². The van der Waals surface area contributed by atoms with Crippen LogP contribution in [0.1, 0.15) is 13.8 Å². The molecule has 18 heavy (non-hydrogen) atoms. The first-order valence-electron chi connectivity index (χ1n) is 5.18. The lowest BCUT2D eigenvalue weighted by Gasteiger charge is -2.05. The van der Waals surface area contributed by atoms with Crippen molar-refractivity contribution in [3.05, 3.63) is 24.5 Å². The number of benzene rings is 1. The Labute approximate surface area is 103 Å². The molecule has 0 aliphatic carbocycles. The molecule has 0 saturated heterocycles. The number of fused-ring (bicyclic) bond motifs is 1. The predicted octanol–water partition coefficient (Wildman–Crippen LogP) is 1.48. The van der Waals surface area contributed by atoms with Gasteiger partial charge in [0.25, 0.3) is 0 Å². The van der Waals surface area contributed by atoms with Gasteiger partial charge in [-0.25, -0.2) is 9.97 Å². The molecule has 0 radical (unpaired) electrons. The highest BCUT2D eigenvalue weighted by molar-refractivity contribution is 5.87. The van der Waals surface area contributed by atoms with Crippen molar-refractivity contribution in [1.82, 2.24) is 9.97 Å². The molecule has 92 valence electrons. The lowest BCUT2D eigenvalue weighted by atomic mass is 10.2. The van der Waals surface area contributed by atoms with Gasteiger partial charge in [0, 0.05) is 19.9 Å². The van der Waals surface area contributed by atoms with Crippen LogP contribution in [0, 0.1) is 0 Å². The van der Waals surface area contributed by atoms with Crippen molar-refractivity contribution in [1.29, 1.82) is 0 Å². The first kappa shape index (κ1) is 12.0. The predicted molar refractivity (Wildman–Crippen MR) is 62.2 cm³/mol. The van der Waals surface area contributed by atoms with Crippen LogP contribution in [0.15, 0.2) is 24.5 Å². The molecule has 0 amide bonds. The van der Waals surface area contributed by atoms with E-state index >= 15 is 0 Å². The largest absolute Gasteiger partial charge is 0.427 e. The van der Waals surface area contributed by atoms with Gasteiger partial charge in [-0.2, -0.15) is 0 Å². The van der Waals surface area contributed by atoms with Gasteiger partial charge in [-0.3, -0.25) is 9.59 Å². The van der Waals surface area contributed by atoms with Crippen molar-refractivity contribution < 1.29 is 19.1 Å². The van der Waals surface area contributed by atoms with Crippen LogP contribution in [-0.4, -0.2) is 21.9 Å². The molecule has 1 aromatic heterocycles. The first-order chi connectivity index (χ1) is 8.56. The zero-order valence-corrected chi connectivity index (χ0v) is 9.84. The van der Waals surface area contributed by atoms with Gasteiger partial charge in [0.15, 0.2) is 0 Å². The fourth-order valence-electron chi connectivity index (χ4n) is 1.46. The highest BCUT2D eigenvalue weighted by atomic mass is 16.5. The van der Waals surface area contributed by atoms with Gasteiger partial charge in [-0.15, -0.1) is 0 Å². The standard InChI is InChI=1S/C12H10N2O4/c1-7(15)17-9-3-4-10-11(5-9)13-6-14-12(10)18-8(2)16/h3-6H,1-2H3. The van der Waals surface area contributed by atoms with Gasteiger partial charge in [0.2, 0.25) is 5.88 Å². The van der Waals surface area contributed by atoms with Crippen LogP contribution < -0.4 is 9.47 Å². The molecule has 0 fully saturated rings. The molecule has 0 saturated carbocycles. The minimum absolute atomic E-state index is 0.182. The summed E-state index contributed by atoms with van der Waals surface area (Å²) in [6, 6.07) is 4.79. The maximum Gasteiger partial charge on any atom is 0.309 e. The number of hydrogen-bond acceptors (Lipinski definition) is 6. The van der Waals surface area contributed by atoms with Crippen LogP contribution in [-0.2, 0) is 9.59 Å². The van der Waals surface area contributed by atoms with Crippen molar-refractivity contribution in [2.45, 2.75) is 13.8 Å². The van der Waals surface area contributed by atoms with Gasteiger partial charge < -0.3 is 9.47 Å². The summed E-state index contributed by atoms with van der Waals surface area (Å²) in [7, 11) is 0. The zero-order valence-electron chi connectivity index (χ0n) is 9.84. The monoisotopic (exact) mass is 246 g/mol. The fraction of sp³-hybridized carbons (Fsp3) is 0.167. The van der Waals surface area contributed by atoms with Crippen molar-refractivity contribution in [3.63, 3.8) is 0 Å². The van der Waals surface area contributed by atoms with E-state index in [9.17, 15) is 9.59 Å². The quantitative estimate of drug-likeness (QED) is 0.590. The highest BCUT2D eigenvalue weighted by Gasteiger charge is 2.08. The minimum atomic E-state index is -0.459. The van der Waals surface area contributed by atoms with E-state index in [-0.39, 0.29) is 5.88 Å². The summed E-state index contributed by atoms with van der Waals surface area (Å²) in [5.41, 5.74) is 0.528. The Kier molecular flexibility index (Phi) is 3.18. The molecule has 2 aromatic rings. The van der Waals surface area contributed by atoms with Crippen LogP contribution in [0.4, 0.5) is 0 Å². The number of esters is 2. The molecule has 2 rings (SSSR count). The summed E-state index contributed by atoms with van der Waals surface area (Å²) >= 11 is 0. The van der Waals surface area contributed by atoms with Gasteiger partial charge >= 0.3 is 11.9 Å². The summed E-state index contributed by atoms with van der Waals surface area (Å²) in [5.74, 6) is -0.313. The molecule has 0 atom stereocenters.